The number of amides is 1. The van der Waals surface area contributed by atoms with Crippen molar-refractivity contribution in [1.29, 1.82) is 0 Å². The second-order valence-electron chi connectivity index (χ2n) is 7.48. The molecule has 0 atom stereocenters. The predicted molar refractivity (Wildman–Crippen MR) is 105 cm³/mol. The zero-order valence-electron chi connectivity index (χ0n) is 16.9. The van der Waals surface area contributed by atoms with Crippen molar-refractivity contribution < 1.29 is 13.6 Å². The fraction of sp³-hybridized carbons (Fsp3) is 0.429. The molecule has 0 saturated carbocycles. The SMILES string of the molecule is CCCc1c(CN(CCC(C)C)C(=O)c2cc(F)ccc2F)ncn2ncnc12. The number of nitrogens with zero attached hydrogens (tertiary/aromatic N) is 5. The van der Waals surface area contributed by atoms with Crippen LogP contribution in [0.25, 0.3) is 5.65 Å². The van der Waals surface area contributed by atoms with Crippen LogP contribution in [-0.2, 0) is 13.0 Å². The lowest BCUT2D eigenvalue weighted by molar-refractivity contribution is 0.0727. The molecule has 0 N–H and O–H groups in total. The fourth-order valence-corrected chi connectivity index (χ4v) is 3.20. The minimum Gasteiger partial charge on any atom is -0.333 e. The Morgan fingerprint density at radius 3 is 2.76 bits per heavy atom. The summed E-state index contributed by atoms with van der Waals surface area (Å²) in [5.74, 6) is -1.58. The molecule has 0 aliphatic carbocycles. The second-order valence-corrected chi connectivity index (χ2v) is 7.48. The minimum absolute atomic E-state index is 0.195. The lowest BCUT2D eigenvalue weighted by Gasteiger charge is -2.25. The third-order valence-corrected chi connectivity index (χ3v) is 4.78. The van der Waals surface area contributed by atoms with Gasteiger partial charge in [0.05, 0.1) is 17.8 Å². The van der Waals surface area contributed by atoms with Gasteiger partial charge in [-0.3, -0.25) is 4.79 Å². The third kappa shape index (κ3) is 4.75. The lowest BCUT2D eigenvalue weighted by Crippen LogP contribution is -2.33. The van der Waals surface area contributed by atoms with Crippen molar-refractivity contribution in [3.63, 3.8) is 0 Å². The Hall–Kier alpha value is -2.90. The van der Waals surface area contributed by atoms with Crippen molar-refractivity contribution in [3.8, 4) is 0 Å². The van der Waals surface area contributed by atoms with Gasteiger partial charge in [0.25, 0.3) is 5.91 Å². The van der Waals surface area contributed by atoms with Crippen LogP contribution < -0.4 is 0 Å². The number of hydrogen-bond acceptors (Lipinski definition) is 4. The van der Waals surface area contributed by atoms with Crippen LogP contribution in [0, 0.1) is 17.6 Å². The average molecular weight is 401 g/mol. The highest BCUT2D eigenvalue weighted by Crippen LogP contribution is 2.20. The molecule has 8 heteroatoms. The van der Waals surface area contributed by atoms with Gasteiger partial charge in [-0.25, -0.2) is 23.3 Å². The van der Waals surface area contributed by atoms with Crippen molar-refractivity contribution in [2.75, 3.05) is 6.54 Å². The summed E-state index contributed by atoms with van der Waals surface area (Å²) >= 11 is 0. The highest BCUT2D eigenvalue weighted by Gasteiger charge is 2.23. The number of aromatic nitrogens is 4. The Morgan fingerprint density at radius 2 is 2.03 bits per heavy atom. The van der Waals surface area contributed by atoms with E-state index in [2.05, 4.69) is 28.9 Å². The van der Waals surface area contributed by atoms with Gasteiger partial charge in [-0.15, -0.1) is 0 Å². The van der Waals surface area contributed by atoms with Crippen LogP contribution in [0.5, 0.6) is 0 Å². The molecule has 0 saturated heterocycles. The van der Waals surface area contributed by atoms with E-state index in [1.807, 2.05) is 6.92 Å². The summed E-state index contributed by atoms with van der Waals surface area (Å²) in [5.41, 5.74) is 2.04. The molecular weight excluding hydrogens is 376 g/mol. The van der Waals surface area contributed by atoms with Crippen molar-refractivity contribution >= 4 is 11.6 Å². The zero-order valence-corrected chi connectivity index (χ0v) is 16.9. The summed E-state index contributed by atoms with van der Waals surface area (Å²) in [6.07, 6.45) is 5.36. The van der Waals surface area contributed by atoms with E-state index in [1.54, 1.807) is 10.8 Å². The third-order valence-electron chi connectivity index (χ3n) is 4.78. The minimum atomic E-state index is -0.736. The lowest BCUT2D eigenvalue weighted by atomic mass is 10.1. The largest absolute Gasteiger partial charge is 0.333 e. The van der Waals surface area contributed by atoms with E-state index in [4.69, 9.17) is 0 Å². The first-order valence-electron chi connectivity index (χ1n) is 9.81. The number of halogens is 2. The van der Waals surface area contributed by atoms with E-state index in [9.17, 15) is 13.6 Å². The average Bonchev–Trinajstić information content (AvgIpc) is 3.17. The monoisotopic (exact) mass is 401 g/mol. The zero-order chi connectivity index (χ0) is 21.0. The van der Waals surface area contributed by atoms with Gasteiger partial charge in [0.15, 0.2) is 5.65 Å². The van der Waals surface area contributed by atoms with E-state index in [0.29, 0.717) is 23.8 Å². The first-order chi connectivity index (χ1) is 13.9. The molecule has 0 bridgehead atoms. The predicted octanol–water partition coefficient (Wildman–Crippen LogP) is 4.04. The van der Waals surface area contributed by atoms with Gasteiger partial charge >= 0.3 is 0 Å². The van der Waals surface area contributed by atoms with E-state index in [-0.39, 0.29) is 12.1 Å². The molecule has 0 spiro atoms. The highest BCUT2D eigenvalue weighted by molar-refractivity contribution is 5.94. The number of rotatable bonds is 8. The van der Waals surface area contributed by atoms with Crippen LogP contribution in [0.2, 0.25) is 0 Å². The number of hydrogen-bond donors (Lipinski definition) is 0. The summed E-state index contributed by atoms with van der Waals surface area (Å²) < 4.78 is 29.5. The van der Waals surface area contributed by atoms with Gasteiger partial charge < -0.3 is 4.90 Å². The van der Waals surface area contributed by atoms with Gasteiger partial charge in [-0.05, 0) is 37.0 Å². The highest BCUT2D eigenvalue weighted by atomic mass is 19.1. The van der Waals surface area contributed by atoms with Crippen LogP contribution in [0.4, 0.5) is 8.78 Å². The molecule has 2 heterocycles. The standard InChI is InChI=1S/C21H25F2N5O/c1-4-5-16-19(25-13-28-20(16)24-12-26-28)11-27(9-8-14(2)3)21(29)17-10-15(22)6-7-18(17)23/h6-7,10,12-14H,4-5,8-9,11H2,1-3H3. The molecule has 0 radical (unpaired) electrons. The van der Waals surface area contributed by atoms with E-state index < -0.39 is 17.5 Å². The summed E-state index contributed by atoms with van der Waals surface area (Å²) in [5, 5.41) is 4.12. The number of carbonyl (C=O) groups excluding carboxylic acids is 1. The summed E-state index contributed by atoms with van der Waals surface area (Å²) in [7, 11) is 0. The molecule has 3 rings (SSSR count). The first kappa shape index (κ1) is 20.8. The normalized spacial score (nSPS) is 11.4. The van der Waals surface area contributed by atoms with E-state index in [1.165, 1.54) is 11.2 Å². The van der Waals surface area contributed by atoms with Crippen LogP contribution >= 0.6 is 0 Å². The maximum absolute atomic E-state index is 14.2. The molecule has 0 aliphatic rings. The van der Waals surface area contributed by atoms with Crippen LogP contribution in [0.15, 0.2) is 30.9 Å². The van der Waals surface area contributed by atoms with Gasteiger partial charge in [0.2, 0.25) is 0 Å². The van der Waals surface area contributed by atoms with E-state index >= 15 is 0 Å². The van der Waals surface area contributed by atoms with Crippen molar-refractivity contribution in [2.45, 2.75) is 46.6 Å². The van der Waals surface area contributed by atoms with Gasteiger partial charge in [-0.1, -0.05) is 27.2 Å². The summed E-state index contributed by atoms with van der Waals surface area (Å²) in [6, 6.07) is 2.93. The Kier molecular flexibility index (Phi) is 6.51. The van der Waals surface area contributed by atoms with Crippen LogP contribution in [-0.4, -0.2) is 36.9 Å². The Morgan fingerprint density at radius 1 is 1.24 bits per heavy atom. The maximum atomic E-state index is 14.2. The quantitative estimate of drug-likeness (QED) is 0.571. The number of benzene rings is 1. The first-order valence-corrected chi connectivity index (χ1v) is 9.81. The number of aryl methyl sites for hydroxylation is 1. The molecule has 29 heavy (non-hydrogen) atoms. The Labute approximate surface area is 168 Å². The Balaban J connectivity index is 1.97. The fourth-order valence-electron chi connectivity index (χ4n) is 3.20. The molecule has 0 aliphatic heterocycles. The smallest absolute Gasteiger partial charge is 0.257 e. The van der Waals surface area contributed by atoms with Crippen molar-refractivity contribution in [2.24, 2.45) is 5.92 Å². The summed E-state index contributed by atoms with van der Waals surface area (Å²) in [4.78, 5) is 23.4. The second kappa shape index (κ2) is 9.07. The topological polar surface area (TPSA) is 63.4 Å². The van der Waals surface area contributed by atoms with Crippen LogP contribution in [0.1, 0.15) is 55.2 Å². The molecule has 0 unspecified atom stereocenters. The van der Waals surface area contributed by atoms with Gasteiger partial charge in [0.1, 0.15) is 24.3 Å². The molecule has 154 valence electrons. The number of carbonyl (C=O) groups is 1. The summed E-state index contributed by atoms with van der Waals surface area (Å²) in [6.45, 7) is 6.76. The molecule has 1 amide bonds. The maximum Gasteiger partial charge on any atom is 0.257 e. The molecule has 6 nitrogen and oxygen atoms in total. The molecular formula is C21H25F2N5O. The van der Waals surface area contributed by atoms with Crippen LogP contribution in [0.3, 0.4) is 0 Å². The molecule has 0 fully saturated rings. The van der Waals surface area contributed by atoms with Crippen molar-refractivity contribution in [1.82, 2.24) is 24.5 Å². The molecule has 1 aromatic carbocycles. The van der Waals surface area contributed by atoms with Gasteiger partial charge in [-0.2, -0.15) is 5.10 Å². The van der Waals surface area contributed by atoms with Gasteiger partial charge in [0, 0.05) is 12.1 Å². The molecule has 3 aromatic rings. The van der Waals surface area contributed by atoms with Crippen molar-refractivity contribution in [3.05, 3.63) is 59.3 Å². The number of fused-ring (bicyclic) bond motifs is 1. The Bertz CT molecular complexity index is 1000. The van der Waals surface area contributed by atoms with E-state index in [0.717, 1.165) is 43.0 Å². The molecule has 2 aromatic heterocycles.